The number of halogens is 2. The molecule has 0 fully saturated rings. The average molecular weight is 444 g/mol. The molecule has 0 N–H and O–H groups in total. The third kappa shape index (κ3) is 3.48. The fourth-order valence-corrected chi connectivity index (χ4v) is 4.59. The van der Waals surface area contributed by atoms with Gasteiger partial charge in [0.2, 0.25) is 17.4 Å². The first-order valence-corrected chi connectivity index (χ1v) is 11.0. The second-order valence-corrected chi connectivity index (χ2v) is 8.99. The molecule has 33 heavy (non-hydrogen) atoms. The second-order valence-electron chi connectivity index (χ2n) is 8.99. The monoisotopic (exact) mass is 443 g/mol. The molecule has 2 aromatic carbocycles. The van der Waals surface area contributed by atoms with E-state index in [9.17, 15) is 4.39 Å². The van der Waals surface area contributed by atoms with Gasteiger partial charge in [-0.25, -0.2) is 8.96 Å². The van der Waals surface area contributed by atoms with Gasteiger partial charge in [0, 0.05) is 11.6 Å². The molecule has 0 unspecified atom stereocenters. The first-order chi connectivity index (χ1) is 15.7. The van der Waals surface area contributed by atoms with E-state index >= 15 is 4.39 Å². The molecular formula is C28H25F2N2O+. The Kier molecular flexibility index (Phi) is 5.00. The Balaban J connectivity index is 1.78. The highest BCUT2D eigenvalue weighted by Gasteiger charge is 2.25. The lowest BCUT2D eigenvalue weighted by atomic mass is 9.94. The number of aromatic nitrogens is 2. The van der Waals surface area contributed by atoms with Crippen LogP contribution in [0.1, 0.15) is 36.5 Å². The lowest BCUT2D eigenvalue weighted by molar-refractivity contribution is -0.660. The number of fused-ring (bicyclic) bond motifs is 3. The van der Waals surface area contributed by atoms with Crippen LogP contribution in [0.15, 0.2) is 59.1 Å². The summed E-state index contributed by atoms with van der Waals surface area (Å²) in [5.41, 5.74) is 7.48. The van der Waals surface area contributed by atoms with Gasteiger partial charge in [-0.1, -0.05) is 38.1 Å². The van der Waals surface area contributed by atoms with Crippen molar-refractivity contribution in [3.05, 3.63) is 83.2 Å². The molecule has 3 nitrogen and oxygen atoms in total. The third-order valence-electron chi connectivity index (χ3n) is 6.34. The second kappa shape index (κ2) is 7.77. The summed E-state index contributed by atoms with van der Waals surface area (Å²) >= 11 is 0. The predicted molar refractivity (Wildman–Crippen MR) is 127 cm³/mol. The van der Waals surface area contributed by atoms with Crippen LogP contribution in [0.5, 0.6) is 0 Å². The van der Waals surface area contributed by atoms with E-state index in [2.05, 4.69) is 62.3 Å². The number of hydrogen-bond donors (Lipinski definition) is 0. The molecule has 5 rings (SSSR count). The van der Waals surface area contributed by atoms with Gasteiger partial charge in [0.25, 0.3) is 0 Å². The minimum Gasteiger partial charge on any atom is -0.437 e. The highest BCUT2D eigenvalue weighted by atomic mass is 19.1. The molecular weight excluding hydrogens is 418 g/mol. The first-order valence-electron chi connectivity index (χ1n) is 11.0. The molecule has 3 heterocycles. The van der Waals surface area contributed by atoms with Crippen LogP contribution in [0.3, 0.4) is 0 Å². The molecule has 0 saturated carbocycles. The van der Waals surface area contributed by atoms with Crippen LogP contribution < -0.4 is 4.57 Å². The molecule has 0 atom stereocenters. The van der Waals surface area contributed by atoms with Gasteiger partial charge >= 0.3 is 0 Å². The number of hydrogen-bond acceptors (Lipinski definition) is 2. The van der Waals surface area contributed by atoms with E-state index < -0.39 is 11.8 Å². The number of furan rings is 1. The average Bonchev–Trinajstić information content (AvgIpc) is 3.13. The molecule has 5 aromatic rings. The number of rotatable bonds is 3. The van der Waals surface area contributed by atoms with E-state index in [1.54, 1.807) is 0 Å². The summed E-state index contributed by atoms with van der Waals surface area (Å²) in [6.45, 7) is 8.29. The van der Waals surface area contributed by atoms with Crippen molar-refractivity contribution in [2.45, 2.75) is 33.6 Å². The van der Waals surface area contributed by atoms with Gasteiger partial charge < -0.3 is 4.42 Å². The minimum absolute atomic E-state index is 0.0926. The van der Waals surface area contributed by atoms with Crippen molar-refractivity contribution in [2.24, 2.45) is 7.05 Å². The molecule has 0 aliphatic carbocycles. The van der Waals surface area contributed by atoms with Crippen LogP contribution in [0.25, 0.3) is 44.5 Å². The van der Waals surface area contributed by atoms with E-state index in [-0.39, 0.29) is 5.71 Å². The number of benzene rings is 2. The smallest absolute Gasteiger partial charge is 0.230 e. The minimum atomic E-state index is -0.659. The van der Waals surface area contributed by atoms with Crippen LogP contribution in [0.4, 0.5) is 8.78 Å². The van der Waals surface area contributed by atoms with E-state index in [4.69, 9.17) is 4.42 Å². The normalized spacial score (nSPS) is 11.8. The summed E-state index contributed by atoms with van der Waals surface area (Å²) < 4.78 is 36.7. The SMILES string of the molecule is Cc1c[n+](C)c(-c2c(C)cc(F)c3c2oc2nc(F)ccc23)cc1-c1ccc(C(C)C)cc1. The van der Waals surface area contributed by atoms with Gasteiger partial charge in [0.05, 0.1) is 16.3 Å². The summed E-state index contributed by atoms with van der Waals surface area (Å²) in [6, 6.07) is 15.0. The Hall–Kier alpha value is -3.60. The van der Waals surface area contributed by atoms with Gasteiger partial charge in [-0.3, -0.25) is 0 Å². The van der Waals surface area contributed by atoms with E-state index in [1.165, 1.54) is 23.8 Å². The van der Waals surface area contributed by atoms with Crippen molar-refractivity contribution in [2.75, 3.05) is 0 Å². The molecule has 166 valence electrons. The van der Waals surface area contributed by atoms with Crippen molar-refractivity contribution < 1.29 is 17.8 Å². The Labute approximate surface area is 191 Å². The van der Waals surface area contributed by atoms with Crippen molar-refractivity contribution >= 4 is 22.1 Å². The Bertz CT molecular complexity index is 1530. The highest BCUT2D eigenvalue weighted by molar-refractivity contribution is 6.09. The third-order valence-corrected chi connectivity index (χ3v) is 6.34. The standard InChI is InChI=1S/C28H25F2N2O/c1-15(2)18-6-8-19(9-7-18)21-13-23(32(5)14-17(21)4)25-16(3)12-22(29)26-20-10-11-24(30)31-28(20)33-27(25)26/h6-15H,1-5H3/q+1. The molecule has 5 heteroatoms. The number of aryl methyl sites for hydroxylation is 3. The molecule has 0 aliphatic heterocycles. The van der Waals surface area contributed by atoms with Gasteiger partial charge in [-0.2, -0.15) is 9.37 Å². The predicted octanol–water partition coefficient (Wildman–Crippen LogP) is 7.16. The highest BCUT2D eigenvalue weighted by Crippen LogP contribution is 2.39. The van der Waals surface area contributed by atoms with Gasteiger partial charge in [0.1, 0.15) is 12.9 Å². The zero-order chi connectivity index (χ0) is 23.4. The quantitative estimate of drug-likeness (QED) is 0.219. The fraction of sp³-hybridized carbons (Fsp3) is 0.214. The van der Waals surface area contributed by atoms with Crippen molar-refractivity contribution in [3.63, 3.8) is 0 Å². The molecule has 0 bridgehead atoms. The lowest BCUT2D eigenvalue weighted by Crippen LogP contribution is -2.31. The first kappa shape index (κ1) is 21.3. The molecule has 0 radical (unpaired) electrons. The zero-order valence-corrected chi connectivity index (χ0v) is 19.3. The maximum atomic E-state index is 15.0. The number of pyridine rings is 2. The maximum absolute atomic E-state index is 15.0. The van der Waals surface area contributed by atoms with Crippen LogP contribution in [-0.4, -0.2) is 4.98 Å². The Morgan fingerprint density at radius 1 is 0.939 bits per heavy atom. The topological polar surface area (TPSA) is 29.9 Å². The molecule has 0 saturated heterocycles. The van der Waals surface area contributed by atoms with Crippen molar-refractivity contribution in [1.29, 1.82) is 0 Å². The van der Waals surface area contributed by atoms with Gasteiger partial charge in [-0.05, 0) is 60.2 Å². The molecule has 0 aliphatic rings. The Morgan fingerprint density at radius 2 is 1.67 bits per heavy atom. The summed E-state index contributed by atoms with van der Waals surface area (Å²) in [7, 11) is 1.96. The maximum Gasteiger partial charge on any atom is 0.230 e. The van der Waals surface area contributed by atoms with E-state index in [0.717, 1.165) is 33.5 Å². The number of nitrogens with zero attached hydrogens (tertiary/aromatic N) is 2. The zero-order valence-electron chi connectivity index (χ0n) is 19.3. The van der Waals surface area contributed by atoms with E-state index in [1.807, 2.05) is 18.5 Å². The Morgan fingerprint density at radius 3 is 2.36 bits per heavy atom. The summed E-state index contributed by atoms with van der Waals surface area (Å²) in [5, 5.41) is 0.783. The van der Waals surface area contributed by atoms with Crippen molar-refractivity contribution in [1.82, 2.24) is 4.98 Å². The largest absolute Gasteiger partial charge is 0.437 e. The van der Waals surface area contributed by atoms with Crippen LogP contribution >= 0.6 is 0 Å². The van der Waals surface area contributed by atoms with Gasteiger partial charge in [-0.15, -0.1) is 0 Å². The summed E-state index contributed by atoms with van der Waals surface area (Å²) in [6.07, 6.45) is 2.07. The van der Waals surface area contributed by atoms with Crippen molar-refractivity contribution in [3.8, 4) is 22.4 Å². The molecule has 0 amide bonds. The summed E-state index contributed by atoms with van der Waals surface area (Å²) in [5.74, 6) is -0.600. The lowest BCUT2D eigenvalue weighted by Gasteiger charge is -2.12. The molecule has 3 aromatic heterocycles. The van der Waals surface area contributed by atoms with Crippen LogP contribution in [-0.2, 0) is 7.05 Å². The van der Waals surface area contributed by atoms with Crippen LogP contribution in [0, 0.1) is 25.6 Å². The van der Waals surface area contributed by atoms with E-state index in [0.29, 0.717) is 22.3 Å². The molecule has 0 spiro atoms. The fourth-order valence-electron chi connectivity index (χ4n) is 4.59. The van der Waals surface area contributed by atoms with Crippen LogP contribution in [0.2, 0.25) is 0 Å². The van der Waals surface area contributed by atoms with Gasteiger partial charge in [0.15, 0.2) is 11.8 Å². The summed E-state index contributed by atoms with van der Waals surface area (Å²) in [4.78, 5) is 3.84.